The molecular weight excluding hydrogens is 334 g/mol. The van der Waals surface area contributed by atoms with Gasteiger partial charge in [0, 0.05) is 23.7 Å². The monoisotopic (exact) mass is 347 g/mol. The summed E-state index contributed by atoms with van der Waals surface area (Å²) in [6, 6.07) is 10.7. The van der Waals surface area contributed by atoms with Crippen LogP contribution in [0.1, 0.15) is 10.4 Å². The van der Waals surface area contributed by atoms with Gasteiger partial charge < -0.3 is 9.47 Å². The maximum absolute atomic E-state index is 12.7. The highest BCUT2D eigenvalue weighted by Crippen LogP contribution is 2.34. The van der Waals surface area contributed by atoms with Crippen molar-refractivity contribution in [3.63, 3.8) is 0 Å². The molecule has 0 N–H and O–H groups in total. The molecule has 2 aromatic heterocycles. The largest absolute Gasteiger partial charge is 0.454 e. The summed E-state index contributed by atoms with van der Waals surface area (Å²) in [5.41, 5.74) is 0.987. The van der Waals surface area contributed by atoms with Crippen molar-refractivity contribution in [3.8, 4) is 11.5 Å². The van der Waals surface area contributed by atoms with E-state index in [4.69, 9.17) is 9.47 Å². The van der Waals surface area contributed by atoms with E-state index in [1.807, 2.05) is 18.2 Å². The lowest BCUT2D eigenvalue weighted by Crippen LogP contribution is -2.11. The zero-order valence-corrected chi connectivity index (χ0v) is 13.6. The Morgan fingerprint density at radius 2 is 1.87 bits per heavy atom. The first-order valence-corrected chi connectivity index (χ1v) is 9.30. The van der Waals surface area contributed by atoms with E-state index in [0.29, 0.717) is 17.1 Å². The lowest BCUT2D eigenvalue weighted by molar-refractivity contribution is 0.174. The Morgan fingerprint density at radius 1 is 1.09 bits per heavy atom. The minimum absolute atomic E-state index is 0.227. The van der Waals surface area contributed by atoms with Gasteiger partial charge in [-0.05, 0) is 41.3 Å². The van der Waals surface area contributed by atoms with E-state index in [0.717, 1.165) is 16.2 Å². The third-order valence-corrected chi connectivity index (χ3v) is 6.43. The Hall–Kier alpha value is -2.25. The zero-order valence-electron chi connectivity index (χ0n) is 12.0. The van der Waals surface area contributed by atoms with Crippen LogP contribution in [0.2, 0.25) is 0 Å². The van der Waals surface area contributed by atoms with Gasteiger partial charge in [0.25, 0.3) is 10.0 Å². The van der Waals surface area contributed by atoms with Crippen molar-refractivity contribution in [1.29, 1.82) is 0 Å². The molecule has 0 aliphatic carbocycles. The zero-order chi connectivity index (χ0) is 15.9. The van der Waals surface area contributed by atoms with Crippen molar-refractivity contribution < 1.29 is 17.9 Å². The Balaban J connectivity index is 1.68. The first-order valence-electron chi connectivity index (χ1n) is 6.98. The summed E-state index contributed by atoms with van der Waals surface area (Å²) in [4.78, 5) is 1.15. The van der Waals surface area contributed by atoms with Gasteiger partial charge in [-0.25, -0.2) is 12.4 Å². The quantitative estimate of drug-likeness (QED) is 0.728. The Kier molecular flexibility index (Phi) is 3.39. The van der Waals surface area contributed by atoms with Gasteiger partial charge in [0.1, 0.15) is 4.90 Å². The summed E-state index contributed by atoms with van der Waals surface area (Å²) in [7, 11) is -3.54. The average Bonchev–Trinajstić information content (AvgIpc) is 3.28. The van der Waals surface area contributed by atoms with Crippen LogP contribution in [0.4, 0.5) is 0 Å². The number of fused-ring (bicyclic) bond motifs is 1. The summed E-state index contributed by atoms with van der Waals surface area (Å²) >= 11 is 1.44. The van der Waals surface area contributed by atoms with E-state index in [1.165, 1.54) is 27.7 Å². The molecular formula is C16H13NO4S2. The lowest BCUT2D eigenvalue weighted by Gasteiger charge is -2.07. The fourth-order valence-electron chi connectivity index (χ4n) is 2.52. The average molecular weight is 347 g/mol. The Morgan fingerprint density at radius 3 is 2.70 bits per heavy atom. The van der Waals surface area contributed by atoms with E-state index in [1.54, 1.807) is 23.6 Å². The van der Waals surface area contributed by atoms with E-state index in [9.17, 15) is 8.42 Å². The predicted molar refractivity (Wildman–Crippen MR) is 86.7 cm³/mol. The molecule has 0 unspecified atom stereocenters. The molecule has 1 aliphatic heterocycles. The molecule has 0 radical (unpaired) electrons. The number of hydrogen-bond acceptors (Lipinski definition) is 5. The number of thiophene rings is 1. The maximum Gasteiger partial charge on any atom is 0.268 e. The van der Waals surface area contributed by atoms with Crippen LogP contribution in [0.25, 0.3) is 0 Å². The second-order valence-electron chi connectivity index (χ2n) is 5.09. The van der Waals surface area contributed by atoms with Crippen molar-refractivity contribution in [3.05, 3.63) is 64.6 Å². The van der Waals surface area contributed by atoms with Gasteiger partial charge in [-0.3, -0.25) is 0 Å². The van der Waals surface area contributed by atoms with Gasteiger partial charge in [0.05, 0.1) is 0 Å². The minimum atomic E-state index is -3.54. The van der Waals surface area contributed by atoms with Crippen LogP contribution >= 0.6 is 11.3 Å². The van der Waals surface area contributed by atoms with Crippen molar-refractivity contribution in [2.75, 3.05) is 6.79 Å². The number of benzene rings is 1. The van der Waals surface area contributed by atoms with Crippen molar-refractivity contribution in [2.45, 2.75) is 11.3 Å². The van der Waals surface area contributed by atoms with E-state index >= 15 is 0 Å². The summed E-state index contributed by atoms with van der Waals surface area (Å²) in [6.07, 6.45) is 3.61. The van der Waals surface area contributed by atoms with Crippen LogP contribution in [0.5, 0.6) is 11.5 Å². The fraction of sp³-hybridized carbons (Fsp3) is 0.125. The molecule has 0 spiro atoms. The molecule has 1 aromatic carbocycles. The van der Waals surface area contributed by atoms with Gasteiger partial charge in [-0.1, -0.05) is 6.07 Å². The second-order valence-corrected chi connectivity index (χ2v) is 7.90. The van der Waals surface area contributed by atoms with E-state index in [-0.39, 0.29) is 6.79 Å². The van der Waals surface area contributed by atoms with E-state index in [2.05, 4.69) is 0 Å². The second kappa shape index (κ2) is 5.43. The number of rotatable bonds is 4. The maximum atomic E-state index is 12.7. The molecule has 0 atom stereocenters. The third kappa shape index (κ3) is 2.51. The normalized spacial score (nSPS) is 13.4. The van der Waals surface area contributed by atoms with Crippen LogP contribution in [0.15, 0.2) is 59.1 Å². The topological polar surface area (TPSA) is 57.5 Å². The van der Waals surface area contributed by atoms with Crippen LogP contribution in [-0.4, -0.2) is 19.2 Å². The Bertz CT molecular complexity index is 942. The molecule has 0 saturated heterocycles. The molecule has 118 valence electrons. The molecule has 0 fully saturated rings. The molecule has 7 heteroatoms. The van der Waals surface area contributed by atoms with Crippen molar-refractivity contribution in [2.24, 2.45) is 0 Å². The smallest absolute Gasteiger partial charge is 0.268 e. The number of nitrogens with zero attached hydrogens (tertiary/aromatic N) is 1. The number of hydrogen-bond donors (Lipinski definition) is 0. The van der Waals surface area contributed by atoms with E-state index < -0.39 is 10.0 Å². The molecule has 23 heavy (non-hydrogen) atoms. The first-order chi connectivity index (χ1) is 11.1. The highest BCUT2D eigenvalue weighted by atomic mass is 32.2. The van der Waals surface area contributed by atoms with Gasteiger partial charge in [-0.2, -0.15) is 0 Å². The molecule has 4 rings (SSSR count). The number of ether oxygens (including phenoxy) is 2. The van der Waals surface area contributed by atoms with Gasteiger partial charge >= 0.3 is 0 Å². The molecule has 3 aromatic rings. The summed E-state index contributed by atoms with van der Waals surface area (Å²) < 4.78 is 37.3. The van der Waals surface area contributed by atoms with Gasteiger partial charge in [0.2, 0.25) is 6.79 Å². The van der Waals surface area contributed by atoms with Crippen LogP contribution in [0, 0.1) is 0 Å². The summed E-state index contributed by atoms with van der Waals surface area (Å²) in [5, 5.41) is 1.80. The molecule has 5 nitrogen and oxygen atoms in total. The highest BCUT2D eigenvalue weighted by molar-refractivity contribution is 7.90. The van der Waals surface area contributed by atoms with Crippen molar-refractivity contribution >= 4 is 21.4 Å². The molecule has 0 amide bonds. The summed E-state index contributed by atoms with van der Waals surface area (Å²) in [5.74, 6) is 1.42. The first kappa shape index (κ1) is 14.3. The van der Waals surface area contributed by atoms with Crippen molar-refractivity contribution in [1.82, 2.24) is 3.97 Å². The Labute approximate surface area is 137 Å². The highest BCUT2D eigenvalue weighted by Gasteiger charge is 2.22. The minimum Gasteiger partial charge on any atom is -0.454 e. The van der Waals surface area contributed by atoms with Crippen LogP contribution in [-0.2, 0) is 16.4 Å². The van der Waals surface area contributed by atoms with Crippen LogP contribution < -0.4 is 9.47 Å². The standard InChI is InChI=1S/C16H13NO4S2/c18-23(19,17-6-1-2-7-17)16-5-8-22-15(16)10-12-3-4-13-14(9-12)21-11-20-13/h1-9H,10-11H2. The van der Waals surface area contributed by atoms with Gasteiger partial charge in [0.15, 0.2) is 11.5 Å². The summed E-state index contributed by atoms with van der Waals surface area (Å²) in [6.45, 7) is 0.227. The lowest BCUT2D eigenvalue weighted by atomic mass is 10.1. The third-order valence-electron chi connectivity index (χ3n) is 3.64. The van der Waals surface area contributed by atoms with Crippen LogP contribution in [0.3, 0.4) is 0 Å². The molecule has 1 aliphatic rings. The fourth-order valence-corrected chi connectivity index (χ4v) is 5.15. The molecule has 0 bridgehead atoms. The SMILES string of the molecule is O=S(=O)(c1ccsc1Cc1ccc2c(c1)OCO2)n1cccc1. The van der Waals surface area contributed by atoms with Gasteiger partial charge in [-0.15, -0.1) is 11.3 Å². The molecule has 3 heterocycles. The molecule has 0 saturated carbocycles. The number of aromatic nitrogens is 1. The predicted octanol–water partition coefficient (Wildman–Crippen LogP) is 3.11.